The summed E-state index contributed by atoms with van der Waals surface area (Å²) in [5.74, 6) is 0. The molecule has 0 bridgehead atoms. The van der Waals surface area contributed by atoms with E-state index in [4.69, 9.17) is 0 Å². The fraction of sp³-hybridized carbons (Fsp3) is 1.00. The van der Waals surface area contributed by atoms with Crippen LogP contribution >= 0.6 is 0 Å². The van der Waals surface area contributed by atoms with E-state index in [2.05, 4.69) is 17.1 Å². The van der Waals surface area contributed by atoms with Crippen molar-refractivity contribution >= 4 is 0 Å². The lowest BCUT2D eigenvalue weighted by Crippen LogP contribution is -2.43. The maximum Gasteiger partial charge on any atom is 0.0758 e. The van der Waals surface area contributed by atoms with Crippen LogP contribution in [-0.4, -0.2) is 48.3 Å². The van der Waals surface area contributed by atoms with Gasteiger partial charge in [-0.2, -0.15) is 0 Å². The van der Waals surface area contributed by atoms with Gasteiger partial charge in [-0.05, 0) is 44.6 Å². The van der Waals surface area contributed by atoms with Gasteiger partial charge in [0.1, 0.15) is 0 Å². The second-order valence-corrected chi connectivity index (χ2v) is 6.84. The van der Waals surface area contributed by atoms with Crippen LogP contribution in [-0.2, 0) is 0 Å². The van der Waals surface area contributed by atoms with Gasteiger partial charge in [-0.3, -0.25) is 4.90 Å². The number of likely N-dealkylation sites (tertiary alicyclic amines) is 1. The Hall–Kier alpha value is -0.120. The lowest BCUT2D eigenvalue weighted by atomic mass is 9.85. The summed E-state index contributed by atoms with van der Waals surface area (Å²) >= 11 is 0. The molecular formula is C15H30N2O. The van der Waals surface area contributed by atoms with Crippen LogP contribution in [0.15, 0.2) is 0 Å². The Morgan fingerprint density at radius 3 is 2.50 bits per heavy atom. The van der Waals surface area contributed by atoms with Gasteiger partial charge in [0.05, 0.1) is 5.60 Å². The van der Waals surface area contributed by atoms with Crippen LogP contribution in [0.4, 0.5) is 0 Å². The molecule has 1 unspecified atom stereocenters. The lowest BCUT2D eigenvalue weighted by molar-refractivity contribution is 0.0607. The van der Waals surface area contributed by atoms with Crippen molar-refractivity contribution < 1.29 is 5.11 Å². The van der Waals surface area contributed by atoms with Gasteiger partial charge in [0.2, 0.25) is 0 Å². The zero-order chi connectivity index (χ0) is 13.1. The third kappa shape index (κ3) is 3.69. The number of hydrogen-bond acceptors (Lipinski definition) is 3. The first-order valence-corrected chi connectivity index (χ1v) is 7.71. The number of rotatable bonds is 6. The summed E-state index contributed by atoms with van der Waals surface area (Å²) in [7, 11) is 0. The van der Waals surface area contributed by atoms with Gasteiger partial charge < -0.3 is 10.4 Å². The number of aliphatic hydroxyl groups is 1. The number of nitrogens with zero attached hydrogens (tertiary/aromatic N) is 1. The molecule has 3 nitrogen and oxygen atoms in total. The molecule has 1 saturated carbocycles. The monoisotopic (exact) mass is 254 g/mol. The molecule has 2 N–H and O–H groups in total. The van der Waals surface area contributed by atoms with Gasteiger partial charge in [0, 0.05) is 26.2 Å². The summed E-state index contributed by atoms with van der Waals surface area (Å²) in [6, 6.07) is 0. The molecule has 106 valence electrons. The molecule has 2 aliphatic rings. The normalized spacial score (nSPS) is 32.2. The van der Waals surface area contributed by atoms with Gasteiger partial charge >= 0.3 is 0 Å². The van der Waals surface area contributed by atoms with E-state index in [-0.39, 0.29) is 0 Å². The fourth-order valence-corrected chi connectivity index (χ4v) is 3.69. The third-order valence-electron chi connectivity index (χ3n) is 4.68. The van der Waals surface area contributed by atoms with Gasteiger partial charge in [0.15, 0.2) is 0 Å². The maximum absolute atomic E-state index is 10.1. The van der Waals surface area contributed by atoms with Crippen LogP contribution < -0.4 is 5.32 Å². The predicted octanol–water partition coefficient (Wildman–Crippen LogP) is 2.00. The molecule has 2 fully saturated rings. The smallest absolute Gasteiger partial charge is 0.0758 e. The molecule has 1 aliphatic heterocycles. The highest BCUT2D eigenvalue weighted by Gasteiger charge is 2.39. The first-order valence-electron chi connectivity index (χ1n) is 7.71. The molecular weight excluding hydrogens is 224 g/mol. The topological polar surface area (TPSA) is 35.5 Å². The maximum atomic E-state index is 10.1. The summed E-state index contributed by atoms with van der Waals surface area (Å²) < 4.78 is 0. The zero-order valence-electron chi connectivity index (χ0n) is 12.2. The standard InChI is InChI=1S/C15H30N2O/c1-3-9-16-11-15(6-4-5-7-15)13-17-10-8-14(2,18)12-17/h16,18H,3-13H2,1-2H3. The Morgan fingerprint density at radius 2 is 1.94 bits per heavy atom. The van der Waals surface area contributed by atoms with E-state index in [1.54, 1.807) is 0 Å². The van der Waals surface area contributed by atoms with Crippen molar-refractivity contribution in [1.29, 1.82) is 0 Å². The molecule has 0 spiro atoms. The Kier molecular flexibility index (Phi) is 4.68. The van der Waals surface area contributed by atoms with E-state index >= 15 is 0 Å². The minimum Gasteiger partial charge on any atom is -0.389 e. The van der Waals surface area contributed by atoms with Crippen LogP contribution in [0.25, 0.3) is 0 Å². The predicted molar refractivity (Wildman–Crippen MR) is 75.7 cm³/mol. The number of β-amino-alcohol motifs (C(OH)–C–C–N with tert-alkyl or cyclic N) is 1. The molecule has 2 rings (SSSR count). The first-order chi connectivity index (χ1) is 8.55. The minimum atomic E-state index is -0.448. The van der Waals surface area contributed by atoms with Crippen LogP contribution in [0.2, 0.25) is 0 Å². The van der Waals surface area contributed by atoms with Crippen molar-refractivity contribution in [3.8, 4) is 0 Å². The SMILES string of the molecule is CCCNCC1(CN2CCC(C)(O)C2)CCCC1. The molecule has 0 aromatic rings. The van der Waals surface area contributed by atoms with E-state index in [1.807, 2.05) is 6.92 Å². The van der Waals surface area contributed by atoms with Crippen LogP contribution in [0.3, 0.4) is 0 Å². The number of nitrogens with one attached hydrogen (secondary N) is 1. The largest absolute Gasteiger partial charge is 0.389 e. The third-order valence-corrected chi connectivity index (χ3v) is 4.68. The Morgan fingerprint density at radius 1 is 1.22 bits per heavy atom. The molecule has 0 amide bonds. The zero-order valence-corrected chi connectivity index (χ0v) is 12.2. The molecule has 3 heteroatoms. The lowest BCUT2D eigenvalue weighted by Gasteiger charge is -2.34. The van der Waals surface area contributed by atoms with Crippen molar-refractivity contribution in [2.45, 2.75) is 58.0 Å². The second kappa shape index (κ2) is 5.89. The summed E-state index contributed by atoms with van der Waals surface area (Å²) in [5.41, 5.74) is 0.0340. The van der Waals surface area contributed by atoms with Crippen molar-refractivity contribution in [1.82, 2.24) is 10.2 Å². The Balaban J connectivity index is 1.86. The van der Waals surface area contributed by atoms with Crippen molar-refractivity contribution in [2.75, 3.05) is 32.7 Å². The van der Waals surface area contributed by atoms with Gasteiger partial charge in [0.25, 0.3) is 0 Å². The van der Waals surface area contributed by atoms with Crippen LogP contribution in [0.5, 0.6) is 0 Å². The summed E-state index contributed by atoms with van der Waals surface area (Å²) in [5, 5.41) is 13.7. The number of hydrogen-bond donors (Lipinski definition) is 2. The second-order valence-electron chi connectivity index (χ2n) is 6.84. The van der Waals surface area contributed by atoms with E-state index in [0.29, 0.717) is 5.41 Å². The van der Waals surface area contributed by atoms with E-state index in [0.717, 1.165) is 26.1 Å². The molecule has 1 heterocycles. The molecule has 0 aromatic heterocycles. The Bertz CT molecular complexity index is 259. The average molecular weight is 254 g/mol. The first kappa shape index (κ1) is 14.3. The molecule has 0 aromatic carbocycles. The van der Waals surface area contributed by atoms with E-state index < -0.39 is 5.60 Å². The van der Waals surface area contributed by atoms with E-state index in [9.17, 15) is 5.11 Å². The van der Waals surface area contributed by atoms with Crippen LogP contribution in [0.1, 0.15) is 52.4 Å². The van der Waals surface area contributed by atoms with Gasteiger partial charge in [-0.1, -0.05) is 19.8 Å². The van der Waals surface area contributed by atoms with Gasteiger partial charge in [-0.15, -0.1) is 0 Å². The van der Waals surface area contributed by atoms with E-state index in [1.165, 1.54) is 45.2 Å². The molecule has 18 heavy (non-hydrogen) atoms. The molecule has 1 saturated heterocycles. The highest BCUT2D eigenvalue weighted by atomic mass is 16.3. The minimum absolute atomic E-state index is 0.448. The van der Waals surface area contributed by atoms with Crippen molar-refractivity contribution in [3.05, 3.63) is 0 Å². The summed E-state index contributed by atoms with van der Waals surface area (Å²) in [6.45, 7) is 9.62. The average Bonchev–Trinajstić information content (AvgIpc) is 2.87. The summed E-state index contributed by atoms with van der Waals surface area (Å²) in [6.07, 6.45) is 7.65. The highest BCUT2D eigenvalue weighted by Crippen LogP contribution is 2.39. The fourth-order valence-electron chi connectivity index (χ4n) is 3.69. The molecule has 1 aliphatic carbocycles. The van der Waals surface area contributed by atoms with Crippen molar-refractivity contribution in [2.24, 2.45) is 5.41 Å². The van der Waals surface area contributed by atoms with Crippen molar-refractivity contribution in [3.63, 3.8) is 0 Å². The molecule has 0 radical (unpaired) electrons. The molecule has 1 atom stereocenters. The highest BCUT2D eigenvalue weighted by molar-refractivity contribution is 4.94. The van der Waals surface area contributed by atoms with Gasteiger partial charge in [-0.25, -0.2) is 0 Å². The Labute approximate surface area is 112 Å². The van der Waals surface area contributed by atoms with Crippen LogP contribution in [0, 0.1) is 5.41 Å². The quantitative estimate of drug-likeness (QED) is 0.712. The summed E-state index contributed by atoms with van der Waals surface area (Å²) in [4.78, 5) is 2.49.